The zero-order valence-corrected chi connectivity index (χ0v) is 23.3. The fourth-order valence-corrected chi connectivity index (χ4v) is 5.42. The van der Waals surface area contributed by atoms with E-state index >= 15 is 0 Å². The second-order valence-corrected chi connectivity index (χ2v) is 11.7. The molecule has 3 heterocycles. The average molecular weight is 542 g/mol. The molecule has 0 atom stereocenters. The van der Waals surface area contributed by atoms with E-state index in [0.717, 1.165) is 47.9 Å². The first-order valence-corrected chi connectivity index (χ1v) is 13.8. The van der Waals surface area contributed by atoms with Crippen LogP contribution in [0.5, 0.6) is 17.2 Å². The van der Waals surface area contributed by atoms with Gasteiger partial charge in [-0.1, -0.05) is 45.0 Å². The van der Waals surface area contributed by atoms with Gasteiger partial charge >= 0.3 is 0 Å². The molecule has 0 radical (unpaired) electrons. The normalized spacial score (nSPS) is 17.0. The van der Waals surface area contributed by atoms with Crippen LogP contribution in [0.4, 0.5) is 5.69 Å². The van der Waals surface area contributed by atoms with E-state index in [4.69, 9.17) is 14.2 Å². The summed E-state index contributed by atoms with van der Waals surface area (Å²) in [5, 5.41) is 0. The lowest BCUT2D eigenvalue weighted by molar-refractivity contribution is -0.121. The van der Waals surface area contributed by atoms with Crippen molar-refractivity contribution < 1.29 is 23.8 Å². The van der Waals surface area contributed by atoms with Crippen molar-refractivity contribution in [2.75, 3.05) is 44.5 Å². The molecule has 8 heteroatoms. The Morgan fingerprint density at radius 2 is 1.55 bits per heavy atom. The molecule has 2 amide bonds. The van der Waals surface area contributed by atoms with Gasteiger partial charge in [0.05, 0.1) is 12.2 Å². The molecule has 1 saturated heterocycles. The van der Waals surface area contributed by atoms with Crippen LogP contribution in [-0.4, -0.2) is 61.2 Å². The van der Waals surface area contributed by atoms with E-state index < -0.39 is 0 Å². The van der Waals surface area contributed by atoms with Gasteiger partial charge in [-0.2, -0.15) is 0 Å². The summed E-state index contributed by atoms with van der Waals surface area (Å²) in [6, 6.07) is 19.7. The maximum atomic E-state index is 13.4. The van der Waals surface area contributed by atoms with E-state index in [9.17, 15) is 9.59 Å². The smallest absolute Gasteiger partial charge is 0.265 e. The first-order chi connectivity index (χ1) is 19.2. The van der Waals surface area contributed by atoms with E-state index in [0.29, 0.717) is 30.9 Å². The van der Waals surface area contributed by atoms with Crippen molar-refractivity contribution in [2.24, 2.45) is 0 Å². The number of ether oxygens (including phenoxy) is 3. The minimum Gasteiger partial charge on any atom is -0.482 e. The zero-order valence-electron chi connectivity index (χ0n) is 23.3. The minimum absolute atomic E-state index is 0.0109. The van der Waals surface area contributed by atoms with E-state index in [2.05, 4.69) is 37.8 Å². The van der Waals surface area contributed by atoms with Crippen molar-refractivity contribution in [2.45, 2.75) is 39.3 Å². The van der Waals surface area contributed by atoms with Gasteiger partial charge in [-0.25, -0.2) is 0 Å². The number of fused-ring (bicyclic) bond motifs is 2. The van der Waals surface area contributed by atoms with Gasteiger partial charge < -0.3 is 24.0 Å². The Hall–Kier alpha value is -4.04. The molecule has 40 heavy (non-hydrogen) atoms. The number of anilines is 1. The van der Waals surface area contributed by atoms with Crippen LogP contribution in [0.2, 0.25) is 0 Å². The van der Waals surface area contributed by atoms with Crippen molar-refractivity contribution >= 4 is 17.5 Å². The number of piperazine rings is 1. The third-order valence-corrected chi connectivity index (χ3v) is 7.79. The standard InChI is InChI=1S/C32H35N3O5/c1-32(2,3)25-8-10-27-26(17-25)35(30(36)20-38-27)19-22-5-4-6-24(15-22)31(37)34-13-11-33(12-14-34)18-23-7-9-28-29(16-23)40-21-39-28/h4-10,15-17H,11-14,18-21H2,1-3H3. The molecule has 3 aromatic rings. The van der Waals surface area contributed by atoms with Crippen molar-refractivity contribution in [3.8, 4) is 17.2 Å². The number of nitrogens with zero attached hydrogens (tertiary/aromatic N) is 3. The minimum atomic E-state index is -0.0890. The first kappa shape index (κ1) is 26.2. The Morgan fingerprint density at radius 3 is 2.35 bits per heavy atom. The molecular weight excluding hydrogens is 506 g/mol. The topological polar surface area (TPSA) is 71.6 Å². The number of rotatable bonds is 5. The van der Waals surface area contributed by atoms with E-state index in [1.54, 1.807) is 4.90 Å². The summed E-state index contributed by atoms with van der Waals surface area (Å²) in [6.45, 7) is 10.9. The Bertz CT molecular complexity index is 1440. The number of hydrogen-bond donors (Lipinski definition) is 0. The summed E-state index contributed by atoms with van der Waals surface area (Å²) >= 11 is 0. The molecule has 0 bridgehead atoms. The van der Waals surface area contributed by atoms with Gasteiger partial charge in [-0.3, -0.25) is 14.5 Å². The van der Waals surface area contributed by atoms with Gasteiger partial charge in [0.25, 0.3) is 11.8 Å². The third kappa shape index (κ3) is 5.36. The summed E-state index contributed by atoms with van der Waals surface area (Å²) in [7, 11) is 0. The number of amides is 2. The molecule has 3 aliphatic heterocycles. The summed E-state index contributed by atoms with van der Waals surface area (Å²) < 4.78 is 16.6. The van der Waals surface area contributed by atoms with Crippen LogP contribution in [0.1, 0.15) is 47.8 Å². The van der Waals surface area contributed by atoms with Crippen LogP contribution < -0.4 is 19.1 Å². The fraction of sp³-hybridized carbons (Fsp3) is 0.375. The average Bonchev–Trinajstić information content (AvgIpc) is 3.42. The van der Waals surface area contributed by atoms with Gasteiger partial charge in [0, 0.05) is 38.3 Å². The highest BCUT2D eigenvalue weighted by Gasteiger charge is 2.28. The van der Waals surface area contributed by atoms with Crippen LogP contribution in [0.25, 0.3) is 0 Å². The van der Waals surface area contributed by atoms with Crippen molar-refractivity contribution in [1.82, 2.24) is 9.80 Å². The molecule has 0 spiro atoms. The first-order valence-electron chi connectivity index (χ1n) is 13.8. The molecule has 0 aliphatic carbocycles. The van der Waals surface area contributed by atoms with Crippen LogP contribution in [0.3, 0.4) is 0 Å². The number of benzene rings is 3. The van der Waals surface area contributed by atoms with Gasteiger partial charge in [-0.05, 0) is 58.5 Å². The second kappa shape index (κ2) is 10.5. The van der Waals surface area contributed by atoms with E-state index in [1.807, 2.05) is 53.4 Å². The molecule has 8 nitrogen and oxygen atoms in total. The summed E-state index contributed by atoms with van der Waals surface area (Å²) in [4.78, 5) is 32.4. The number of hydrogen-bond acceptors (Lipinski definition) is 6. The summed E-state index contributed by atoms with van der Waals surface area (Å²) in [6.07, 6.45) is 0. The van der Waals surface area contributed by atoms with Crippen LogP contribution in [0, 0.1) is 0 Å². The highest BCUT2D eigenvalue weighted by molar-refractivity contribution is 5.98. The molecule has 208 valence electrons. The van der Waals surface area contributed by atoms with Crippen molar-refractivity contribution in [3.05, 3.63) is 82.9 Å². The number of carbonyl (C=O) groups is 2. The summed E-state index contributed by atoms with van der Waals surface area (Å²) in [5.74, 6) is 2.22. The lowest BCUT2D eigenvalue weighted by atomic mass is 9.86. The maximum Gasteiger partial charge on any atom is 0.265 e. The molecule has 0 unspecified atom stereocenters. The Kier molecular flexibility index (Phi) is 6.88. The van der Waals surface area contributed by atoms with Crippen LogP contribution >= 0.6 is 0 Å². The Morgan fingerprint density at radius 1 is 0.800 bits per heavy atom. The molecular formula is C32H35N3O5. The monoisotopic (exact) mass is 541 g/mol. The Labute approximate surface area is 235 Å². The highest BCUT2D eigenvalue weighted by atomic mass is 16.7. The SMILES string of the molecule is CC(C)(C)c1ccc2c(c1)N(Cc1cccc(C(=O)N3CCN(Cc4ccc5c(c4)OCO5)CC3)c1)C(=O)CO2. The third-order valence-electron chi connectivity index (χ3n) is 7.79. The number of carbonyl (C=O) groups excluding carboxylic acids is 2. The maximum absolute atomic E-state index is 13.4. The lowest BCUT2D eigenvalue weighted by Gasteiger charge is -2.35. The van der Waals surface area contributed by atoms with Crippen LogP contribution in [0.15, 0.2) is 60.7 Å². The van der Waals surface area contributed by atoms with Crippen molar-refractivity contribution in [1.29, 1.82) is 0 Å². The summed E-state index contributed by atoms with van der Waals surface area (Å²) in [5.41, 5.74) is 4.59. The molecule has 3 aliphatic rings. The van der Waals surface area contributed by atoms with Gasteiger partial charge in [0.1, 0.15) is 5.75 Å². The Balaban J connectivity index is 1.11. The molecule has 0 saturated carbocycles. The lowest BCUT2D eigenvalue weighted by Crippen LogP contribution is -2.48. The predicted octanol–water partition coefficient (Wildman–Crippen LogP) is 4.60. The largest absolute Gasteiger partial charge is 0.482 e. The van der Waals surface area contributed by atoms with Gasteiger partial charge in [0.2, 0.25) is 6.79 Å². The zero-order chi connectivity index (χ0) is 27.9. The molecule has 3 aromatic carbocycles. The van der Waals surface area contributed by atoms with E-state index in [-0.39, 0.29) is 30.6 Å². The van der Waals surface area contributed by atoms with E-state index in [1.165, 1.54) is 5.56 Å². The predicted molar refractivity (Wildman–Crippen MR) is 152 cm³/mol. The quantitative estimate of drug-likeness (QED) is 0.470. The fourth-order valence-electron chi connectivity index (χ4n) is 5.42. The molecule has 6 rings (SSSR count). The van der Waals surface area contributed by atoms with Gasteiger partial charge in [0.15, 0.2) is 18.1 Å². The van der Waals surface area contributed by atoms with Crippen LogP contribution in [-0.2, 0) is 23.3 Å². The molecule has 1 fully saturated rings. The second-order valence-electron chi connectivity index (χ2n) is 11.7. The molecule has 0 N–H and O–H groups in total. The molecule has 0 aromatic heterocycles. The van der Waals surface area contributed by atoms with Crippen molar-refractivity contribution in [3.63, 3.8) is 0 Å². The van der Waals surface area contributed by atoms with Gasteiger partial charge in [-0.15, -0.1) is 0 Å². The highest BCUT2D eigenvalue weighted by Crippen LogP contribution is 2.37.